The van der Waals surface area contributed by atoms with Crippen LogP contribution in [0.15, 0.2) is 53.3 Å². The molecule has 0 spiro atoms. The minimum Gasteiger partial charge on any atom is -0.368 e. The van der Waals surface area contributed by atoms with E-state index < -0.39 is 0 Å². The van der Waals surface area contributed by atoms with E-state index in [0.717, 1.165) is 15.6 Å². The molecule has 1 heterocycles. The molecule has 2 aromatic rings. The van der Waals surface area contributed by atoms with Crippen molar-refractivity contribution in [2.45, 2.75) is 12.7 Å². The summed E-state index contributed by atoms with van der Waals surface area (Å²) < 4.78 is 6.90. The Morgan fingerprint density at radius 2 is 2.00 bits per heavy atom. The molecule has 0 radical (unpaired) electrons. The number of nitrogens with two attached hydrogens (primary N) is 1. The van der Waals surface area contributed by atoms with Crippen molar-refractivity contribution in [1.29, 1.82) is 0 Å². The first-order valence-corrected chi connectivity index (χ1v) is 6.55. The van der Waals surface area contributed by atoms with Crippen LogP contribution in [0.3, 0.4) is 0 Å². The number of hydrogen-bond donors (Lipinski definition) is 1. The van der Waals surface area contributed by atoms with Crippen LogP contribution in [0.25, 0.3) is 0 Å². The third-order valence-corrected chi connectivity index (χ3v) is 3.13. The van der Waals surface area contributed by atoms with Crippen LogP contribution >= 0.6 is 15.9 Å². The number of pyridine rings is 1. The SMILES string of the molecule is NCC(OCc1cccc(Br)c1)c1ccncc1. The van der Waals surface area contributed by atoms with Gasteiger partial charge in [-0.1, -0.05) is 28.1 Å². The molecule has 0 amide bonds. The second-order valence-corrected chi connectivity index (χ2v) is 4.86. The standard InChI is InChI=1S/C14H15BrN2O/c15-13-3-1-2-11(8-13)10-18-14(9-16)12-4-6-17-7-5-12/h1-8,14H,9-10,16H2. The van der Waals surface area contributed by atoms with Crippen molar-refractivity contribution in [2.75, 3.05) is 6.54 Å². The summed E-state index contributed by atoms with van der Waals surface area (Å²) >= 11 is 3.44. The van der Waals surface area contributed by atoms with Crippen LogP contribution in [0, 0.1) is 0 Å². The second kappa shape index (κ2) is 6.64. The van der Waals surface area contributed by atoms with Crippen molar-refractivity contribution in [1.82, 2.24) is 4.98 Å². The zero-order chi connectivity index (χ0) is 12.8. The maximum Gasteiger partial charge on any atom is 0.0952 e. The van der Waals surface area contributed by atoms with E-state index in [1.807, 2.05) is 36.4 Å². The van der Waals surface area contributed by atoms with Crippen LogP contribution in [-0.2, 0) is 11.3 Å². The first kappa shape index (κ1) is 13.2. The van der Waals surface area contributed by atoms with Crippen LogP contribution in [0.5, 0.6) is 0 Å². The van der Waals surface area contributed by atoms with Crippen LogP contribution in [0.1, 0.15) is 17.2 Å². The Kier molecular flexibility index (Phi) is 4.87. The molecule has 1 aromatic heterocycles. The normalized spacial score (nSPS) is 12.3. The highest BCUT2D eigenvalue weighted by Gasteiger charge is 2.09. The summed E-state index contributed by atoms with van der Waals surface area (Å²) in [5, 5.41) is 0. The number of nitrogens with zero attached hydrogens (tertiary/aromatic N) is 1. The summed E-state index contributed by atoms with van der Waals surface area (Å²) in [6.07, 6.45) is 3.41. The maximum atomic E-state index is 5.84. The van der Waals surface area contributed by atoms with Gasteiger partial charge in [-0.15, -0.1) is 0 Å². The number of rotatable bonds is 5. The van der Waals surface area contributed by atoms with Gasteiger partial charge in [0, 0.05) is 23.4 Å². The molecule has 0 saturated carbocycles. The lowest BCUT2D eigenvalue weighted by Gasteiger charge is -2.16. The average Bonchev–Trinajstić information content (AvgIpc) is 2.41. The average molecular weight is 307 g/mol. The minimum absolute atomic E-state index is 0.0908. The Morgan fingerprint density at radius 1 is 1.22 bits per heavy atom. The predicted molar refractivity (Wildman–Crippen MR) is 75.0 cm³/mol. The molecular formula is C14H15BrN2O. The molecule has 0 fully saturated rings. The fourth-order valence-electron chi connectivity index (χ4n) is 1.70. The Labute approximate surface area is 115 Å². The zero-order valence-electron chi connectivity index (χ0n) is 9.92. The Morgan fingerprint density at radius 3 is 2.67 bits per heavy atom. The third-order valence-electron chi connectivity index (χ3n) is 2.63. The number of aromatic nitrogens is 1. The molecule has 0 bridgehead atoms. The molecule has 2 rings (SSSR count). The van der Waals surface area contributed by atoms with Gasteiger partial charge in [0.1, 0.15) is 0 Å². The monoisotopic (exact) mass is 306 g/mol. The zero-order valence-corrected chi connectivity index (χ0v) is 11.5. The van der Waals surface area contributed by atoms with E-state index in [9.17, 15) is 0 Å². The topological polar surface area (TPSA) is 48.1 Å². The molecule has 2 N–H and O–H groups in total. The molecule has 0 aliphatic carbocycles. The van der Waals surface area contributed by atoms with E-state index in [4.69, 9.17) is 10.5 Å². The fraction of sp³-hybridized carbons (Fsp3) is 0.214. The van der Waals surface area contributed by atoms with E-state index >= 15 is 0 Å². The first-order valence-electron chi connectivity index (χ1n) is 5.75. The van der Waals surface area contributed by atoms with E-state index in [1.165, 1.54) is 0 Å². The summed E-state index contributed by atoms with van der Waals surface area (Å²) in [5.41, 5.74) is 7.92. The van der Waals surface area contributed by atoms with Gasteiger partial charge in [-0.25, -0.2) is 0 Å². The number of benzene rings is 1. The molecule has 3 nitrogen and oxygen atoms in total. The minimum atomic E-state index is -0.0908. The van der Waals surface area contributed by atoms with Crippen LogP contribution < -0.4 is 5.73 Å². The van der Waals surface area contributed by atoms with Gasteiger partial charge >= 0.3 is 0 Å². The van der Waals surface area contributed by atoms with E-state index in [1.54, 1.807) is 12.4 Å². The van der Waals surface area contributed by atoms with Crippen molar-refractivity contribution in [3.8, 4) is 0 Å². The highest BCUT2D eigenvalue weighted by molar-refractivity contribution is 9.10. The van der Waals surface area contributed by atoms with Crippen molar-refractivity contribution >= 4 is 15.9 Å². The molecule has 0 aliphatic heterocycles. The van der Waals surface area contributed by atoms with Gasteiger partial charge in [0.15, 0.2) is 0 Å². The van der Waals surface area contributed by atoms with Gasteiger partial charge in [-0.05, 0) is 35.4 Å². The lowest BCUT2D eigenvalue weighted by molar-refractivity contribution is 0.0456. The van der Waals surface area contributed by atoms with Crippen molar-refractivity contribution in [2.24, 2.45) is 5.73 Å². The van der Waals surface area contributed by atoms with E-state index in [0.29, 0.717) is 13.2 Å². The largest absolute Gasteiger partial charge is 0.368 e. The second-order valence-electron chi connectivity index (χ2n) is 3.95. The van der Waals surface area contributed by atoms with Crippen LogP contribution in [0.4, 0.5) is 0 Å². The summed E-state index contributed by atoms with van der Waals surface area (Å²) in [5.74, 6) is 0. The van der Waals surface area contributed by atoms with Gasteiger partial charge in [-0.3, -0.25) is 4.98 Å². The Bertz CT molecular complexity index is 490. The van der Waals surface area contributed by atoms with Crippen LogP contribution in [-0.4, -0.2) is 11.5 Å². The number of halogens is 1. The van der Waals surface area contributed by atoms with E-state index in [2.05, 4.69) is 20.9 Å². The lowest BCUT2D eigenvalue weighted by Crippen LogP contribution is -2.15. The van der Waals surface area contributed by atoms with Crippen molar-refractivity contribution in [3.05, 3.63) is 64.4 Å². The smallest absolute Gasteiger partial charge is 0.0952 e. The van der Waals surface area contributed by atoms with Gasteiger partial charge < -0.3 is 10.5 Å². The van der Waals surface area contributed by atoms with Gasteiger partial charge in [0.05, 0.1) is 12.7 Å². The highest BCUT2D eigenvalue weighted by Crippen LogP contribution is 2.18. The maximum absolute atomic E-state index is 5.84. The molecule has 1 atom stereocenters. The molecule has 1 unspecified atom stereocenters. The molecule has 94 valence electrons. The molecule has 18 heavy (non-hydrogen) atoms. The highest BCUT2D eigenvalue weighted by atomic mass is 79.9. The first-order chi connectivity index (χ1) is 8.79. The molecule has 0 saturated heterocycles. The number of hydrogen-bond acceptors (Lipinski definition) is 3. The molecule has 0 aliphatic rings. The summed E-state index contributed by atoms with van der Waals surface area (Å²) in [6, 6.07) is 11.9. The predicted octanol–water partition coefficient (Wildman–Crippen LogP) is 3.06. The fourth-order valence-corrected chi connectivity index (χ4v) is 2.15. The van der Waals surface area contributed by atoms with Gasteiger partial charge in [0.2, 0.25) is 0 Å². The molecular weight excluding hydrogens is 292 g/mol. The molecule has 1 aromatic carbocycles. The number of ether oxygens (including phenoxy) is 1. The lowest BCUT2D eigenvalue weighted by atomic mass is 10.1. The Hall–Kier alpha value is -1.23. The Balaban J connectivity index is 2.00. The van der Waals surface area contributed by atoms with Crippen LogP contribution in [0.2, 0.25) is 0 Å². The van der Waals surface area contributed by atoms with E-state index in [-0.39, 0.29) is 6.10 Å². The summed E-state index contributed by atoms with van der Waals surface area (Å²) in [7, 11) is 0. The quantitative estimate of drug-likeness (QED) is 0.923. The molecule has 4 heteroatoms. The summed E-state index contributed by atoms with van der Waals surface area (Å²) in [4.78, 5) is 3.99. The summed E-state index contributed by atoms with van der Waals surface area (Å²) in [6.45, 7) is 1.00. The third kappa shape index (κ3) is 3.63. The van der Waals surface area contributed by atoms with Crippen molar-refractivity contribution in [3.63, 3.8) is 0 Å². The van der Waals surface area contributed by atoms with Gasteiger partial charge in [-0.2, -0.15) is 0 Å². The van der Waals surface area contributed by atoms with Gasteiger partial charge in [0.25, 0.3) is 0 Å². The van der Waals surface area contributed by atoms with Crippen molar-refractivity contribution < 1.29 is 4.74 Å².